The summed E-state index contributed by atoms with van der Waals surface area (Å²) >= 11 is 0. The van der Waals surface area contributed by atoms with Gasteiger partial charge < -0.3 is 16.7 Å². The standard InChI is InChI=1S/C5H10N4O/c1-3-4(2-10)8-9(7)5(3)6/h10H,2,6-7H2,1H3. The second-order valence-corrected chi connectivity index (χ2v) is 2.06. The lowest BCUT2D eigenvalue weighted by atomic mass is 10.3. The molecule has 0 saturated carbocycles. The molecule has 0 atom stereocenters. The van der Waals surface area contributed by atoms with Crippen LogP contribution in [-0.4, -0.2) is 15.0 Å². The molecule has 0 aliphatic carbocycles. The van der Waals surface area contributed by atoms with E-state index in [4.69, 9.17) is 16.7 Å². The van der Waals surface area contributed by atoms with E-state index in [1.165, 1.54) is 0 Å². The van der Waals surface area contributed by atoms with Gasteiger partial charge in [0.2, 0.25) is 0 Å². The number of aliphatic hydroxyl groups excluding tert-OH is 1. The number of aliphatic hydroxyl groups is 1. The van der Waals surface area contributed by atoms with Gasteiger partial charge in [-0.25, -0.2) is 0 Å². The summed E-state index contributed by atoms with van der Waals surface area (Å²) in [6.07, 6.45) is 0. The van der Waals surface area contributed by atoms with Gasteiger partial charge in [0.15, 0.2) is 0 Å². The first-order valence-electron chi connectivity index (χ1n) is 2.86. The Balaban J connectivity index is 3.17. The van der Waals surface area contributed by atoms with Crippen LogP contribution in [0, 0.1) is 6.92 Å². The predicted molar refractivity (Wildman–Crippen MR) is 37.4 cm³/mol. The van der Waals surface area contributed by atoms with E-state index in [2.05, 4.69) is 5.10 Å². The van der Waals surface area contributed by atoms with Crippen molar-refractivity contribution in [2.24, 2.45) is 0 Å². The molecule has 0 aliphatic heterocycles. The van der Waals surface area contributed by atoms with E-state index >= 15 is 0 Å². The molecule has 0 amide bonds. The fraction of sp³-hybridized carbons (Fsp3) is 0.400. The van der Waals surface area contributed by atoms with Crippen molar-refractivity contribution < 1.29 is 5.11 Å². The second kappa shape index (κ2) is 2.18. The summed E-state index contributed by atoms with van der Waals surface area (Å²) in [7, 11) is 0. The highest BCUT2D eigenvalue weighted by Gasteiger charge is 2.07. The Morgan fingerprint density at radius 3 is 2.50 bits per heavy atom. The molecule has 1 aromatic rings. The number of nitrogen functional groups attached to an aromatic ring is 2. The van der Waals surface area contributed by atoms with Gasteiger partial charge in [-0.15, -0.1) is 0 Å². The molecular formula is C5H10N4O. The average molecular weight is 142 g/mol. The van der Waals surface area contributed by atoms with Crippen LogP contribution in [0.15, 0.2) is 0 Å². The van der Waals surface area contributed by atoms with Crippen LogP contribution in [0.4, 0.5) is 5.82 Å². The summed E-state index contributed by atoms with van der Waals surface area (Å²) < 4.78 is 0. The summed E-state index contributed by atoms with van der Waals surface area (Å²) in [5.41, 5.74) is 6.71. The molecular weight excluding hydrogens is 132 g/mol. The Kier molecular flexibility index (Phi) is 1.50. The first-order valence-corrected chi connectivity index (χ1v) is 2.86. The number of hydrogen-bond acceptors (Lipinski definition) is 4. The minimum atomic E-state index is -0.125. The normalized spacial score (nSPS) is 10.2. The number of nitrogens with zero attached hydrogens (tertiary/aromatic N) is 2. The molecule has 1 rings (SSSR count). The van der Waals surface area contributed by atoms with Gasteiger partial charge in [-0.2, -0.15) is 9.89 Å². The van der Waals surface area contributed by atoms with Crippen molar-refractivity contribution in [3.63, 3.8) is 0 Å². The first-order chi connectivity index (χ1) is 4.66. The number of nitrogens with two attached hydrogens (primary N) is 2. The third kappa shape index (κ3) is 0.801. The highest BCUT2D eigenvalue weighted by Crippen LogP contribution is 2.11. The first kappa shape index (κ1) is 6.88. The van der Waals surface area contributed by atoms with E-state index in [1.54, 1.807) is 6.92 Å². The average Bonchev–Trinajstić information content (AvgIpc) is 2.17. The Bertz CT molecular complexity index is 242. The van der Waals surface area contributed by atoms with Gasteiger partial charge in [0.1, 0.15) is 5.82 Å². The summed E-state index contributed by atoms with van der Waals surface area (Å²) in [6, 6.07) is 0. The lowest BCUT2D eigenvalue weighted by Crippen LogP contribution is -2.13. The van der Waals surface area contributed by atoms with Gasteiger partial charge in [0.05, 0.1) is 12.3 Å². The summed E-state index contributed by atoms with van der Waals surface area (Å²) in [5.74, 6) is 5.68. The van der Waals surface area contributed by atoms with Gasteiger partial charge in [0, 0.05) is 5.56 Å². The smallest absolute Gasteiger partial charge is 0.147 e. The fourth-order valence-corrected chi connectivity index (χ4v) is 0.729. The zero-order valence-corrected chi connectivity index (χ0v) is 5.70. The van der Waals surface area contributed by atoms with Gasteiger partial charge in [-0.1, -0.05) is 0 Å². The lowest BCUT2D eigenvalue weighted by Gasteiger charge is -1.91. The maximum atomic E-state index is 8.67. The van der Waals surface area contributed by atoms with E-state index < -0.39 is 0 Å². The van der Waals surface area contributed by atoms with Crippen LogP contribution < -0.4 is 11.6 Å². The van der Waals surface area contributed by atoms with Crippen LogP contribution in [0.3, 0.4) is 0 Å². The molecule has 0 bridgehead atoms. The summed E-state index contributed by atoms with van der Waals surface area (Å²) in [4.78, 5) is 1.06. The quantitative estimate of drug-likeness (QED) is 0.438. The summed E-state index contributed by atoms with van der Waals surface area (Å²) in [6.45, 7) is 1.64. The third-order valence-corrected chi connectivity index (χ3v) is 1.44. The number of anilines is 1. The van der Waals surface area contributed by atoms with Crippen molar-refractivity contribution in [1.29, 1.82) is 0 Å². The Hall–Kier alpha value is -1.23. The van der Waals surface area contributed by atoms with Crippen LogP contribution >= 0.6 is 0 Å². The maximum Gasteiger partial charge on any atom is 0.147 e. The molecule has 0 aliphatic rings. The molecule has 0 aromatic carbocycles. The van der Waals surface area contributed by atoms with Crippen molar-refractivity contribution in [3.8, 4) is 0 Å². The van der Waals surface area contributed by atoms with Crippen molar-refractivity contribution in [2.75, 3.05) is 11.6 Å². The van der Waals surface area contributed by atoms with Crippen LogP contribution in [0.25, 0.3) is 0 Å². The Morgan fingerprint density at radius 1 is 1.70 bits per heavy atom. The van der Waals surface area contributed by atoms with E-state index in [1.807, 2.05) is 0 Å². The lowest BCUT2D eigenvalue weighted by molar-refractivity contribution is 0.275. The third-order valence-electron chi connectivity index (χ3n) is 1.44. The topological polar surface area (TPSA) is 90.1 Å². The maximum absolute atomic E-state index is 8.67. The molecule has 0 radical (unpaired) electrons. The van der Waals surface area contributed by atoms with E-state index in [-0.39, 0.29) is 6.61 Å². The van der Waals surface area contributed by atoms with Crippen molar-refractivity contribution in [1.82, 2.24) is 9.89 Å². The number of hydrogen-bond donors (Lipinski definition) is 3. The Labute approximate surface area is 58.2 Å². The van der Waals surface area contributed by atoms with Crippen LogP contribution in [-0.2, 0) is 6.61 Å². The molecule has 1 aromatic heterocycles. The zero-order valence-electron chi connectivity index (χ0n) is 5.70. The zero-order chi connectivity index (χ0) is 7.72. The monoisotopic (exact) mass is 142 g/mol. The molecule has 5 heteroatoms. The number of aromatic nitrogens is 2. The molecule has 0 fully saturated rings. The van der Waals surface area contributed by atoms with E-state index in [0.717, 1.165) is 10.4 Å². The largest absolute Gasteiger partial charge is 0.390 e. The highest BCUT2D eigenvalue weighted by atomic mass is 16.3. The van der Waals surface area contributed by atoms with Gasteiger partial charge >= 0.3 is 0 Å². The second-order valence-electron chi connectivity index (χ2n) is 2.06. The molecule has 5 N–H and O–H groups in total. The van der Waals surface area contributed by atoms with Crippen molar-refractivity contribution in [3.05, 3.63) is 11.3 Å². The minimum Gasteiger partial charge on any atom is -0.390 e. The van der Waals surface area contributed by atoms with Gasteiger partial charge in [0.25, 0.3) is 0 Å². The molecule has 0 unspecified atom stereocenters. The van der Waals surface area contributed by atoms with E-state index in [9.17, 15) is 0 Å². The molecule has 0 spiro atoms. The van der Waals surface area contributed by atoms with Gasteiger partial charge in [-0.3, -0.25) is 0 Å². The molecule has 10 heavy (non-hydrogen) atoms. The fourth-order valence-electron chi connectivity index (χ4n) is 0.729. The SMILES string of the molecule is Cc1c(CO)nn(N)c1N. The molecule has 1 heterocycles. The van der Waals surface area contributed by atoms with E-state index in [0.29, 0.717) is 11.5 Å². The molecule has 5 nitrogen and oxygen atoms in total. The van der Waals surface area contributed by atoms with Crippen molar-refractivity contribution in [2.45, 2.75) is 13.5 Å². The minimum absolute atomic E-state index is 0.125. The Morgan fingerprint density at radius 2 is 2.30 bits per heavy atom. The van der Waals surface area contributed by atoms with Crippen LogP contribution in [0.1, 0.15) is 11.3 Å². The van der Waals surface area contributed by atoms with Crippen LogP contribution in [0.5, 0.6) is 0 Å². The van der Waals surface area contributed by atoms with Gasteiger partial charge in [-0.05, 0) is 6.92 Å². The molecule has 56 valence electrons. The highest BCUT2D eigenvalue weighted by molar-refractivity contribution is 5.41. The number of rotatable bonds is 1. The molecule has 0 saturated heterocycles. The summed E-state index contributed by atoms with van der Waals surface area (Å²) in [5, 5.41) is 12.4. The van der Waals surface area contributed by atoms with Crippen LogP contribution in [0.2, 0.25) is 0 Å². The van der Waals surface area contributed by atoms with Crippen molar-refractivity contribution >= 4 is 5.82 Å². The predicted octanol–water partition coefficient (Wildman–Crippen LogP) is -1.02.